The van der Waals surface area contributed by atoms with Gasteiger partial charge in [0.25, 0.3) is 0 Å². The number of halogens is 1. The number of Topliss-reactive ketones (excluding diaryl/α,β-unsaturated/α-hetero) is 1. The van der Waals surface area contributed by atoms with Gasteiger partial charge in [0.05, 0.1) is 6.04 Å². The normalized spacial score (nSPS) is 21.3. The van der Waals surface area contributed by atoms with E-state index in [4.69, 9.17) is 4.74 Å². The van der Waals surface area contributed by atoms with Gasteiger partial charge in [0.15, 0.2) is 0 Å². The predicted molar refractivity (Wildman–Crippen MR) is 93.3 cm³/mol. The van der Waals surface area contributed by atoms with E-state index in [1.54, 1.807) is 11.8 Å². The molecular formula is C18H24BrNO3. The standard InChI is InChI=1S/C18H24BrNO3/c1-12(21)11-15-9-10-16(13-5-7-14(19)8-6-13)20(15)17(22)23-18(2,3)4/h5-8,15-16H,9-11H2,1-4H3/t15-,16+/m1/s1. The molecule has 0 spiro atoms. The highest BCUT2D eigenvalue weighted by Crippen LogP contribution is 2.38. The lowest BCUT2D eigenvalue weighted by Gasteiger charge is -2.32. The first kappa shape index (κ1) is 18.0. The molecule has 0 aliphatic carbocycles. The third kappa shape index (κ3) is 4.80. The van der Waals surface area contributed by atoms with E-state index >= 15 is 0 Å². The lowest BCUT2D eigenvalue weighted by atomic mass is 10.0. The first-order valence-electron chi connectivity index (χ1n) is 7.93. The van der Waals surface area contributed by atoms with E-state index in [1.807, 2.05) is 45.0 Å². The molecule has 0 bridgehead atoms. The average Bonchev–Trinajstić information content (AvgIpc) is 2.80. The Bertz CT molecular complexity index is 577. The lowest BCUT2D eigenvalue weighted by Crippen LogP contribution is -2.41. The summed E-state index contributed by atoms with van der Waals surface area (Å²) in [6, 6.07) is 7.85. The van der Waals surface area contributed by atoms with Crippen LogP contribution < -0.4 is 0 Å². The molecule has 0 saturated carbocycles. The Labute approximate surface area is 146 Å². The van der Waals surface area contributed by atoms with Gasteiger partial charge in [0, 0.05) is 16.9 Å². The van der Waals surface area contributed by atoms with E-state index < -0.39 is 5.60 Å². The minimum Gasteiger partial charge on any atom is -0.444 e. The van der Waals surface area contributed by atoms with Crippen LogP contribution in [0.3, 0.4) is 0 Å². The van der Waals surface area contributed by atoms with Crippen molar-refractivity contribution in [2.75, 3.05) is 0 Å². The summed E-state index contributed by atoms with van der Waals surface area (Å²) in [5.74, 6) is 0.0972. The molecule has 1 saturated heterocycles. The van der Waals surface area contributed by atoms with Crippen LogP contribution in [0.4, 0.5) is 4.79 Å². The van der Waals surface area contributed by atoms with Gasteiger partial charge in [0.1, 0.15) is 11.4 Å². The number of likely N-dealkylation sites (tertiary alicyclic amines) is 1. The molecule has 23 heavy (non-hydrogen) atoms. The molecule has 1 aromatic carbocycles. The van der Waals surface area contributed by atoms with Gasteiger partial charge >= 0.3 is 6.09 Å². The molecule has 2 atom stereocenters. The first-order chi connectivity index (χ1) is 10.7. The number of carbonyl (C=O) groups is 2. The van der Waals surface area contributed by atoms with Crippen molar-refractivity contribution >= 4 is 27.8 Å². The number of rotatable bonds is 3. The van der Waals surface area contributed by atoms with Crippen molar-refractivity contribution in [1.29, 1.82) is 0 Å². The summed E-state index contributed by atoms with van der Waals surface area (Å²) in [4.78, 5) is 26.0. The van der Waals surface area contributed by atoms with Gasteiger partial charge in [0.2, 0.25) is 0 Å². The van der Waals surface area contributed by atoms with E-state index in [0.29, 0.717) is 6.42 Å². The van der Waals surface area contributed by atoms with Crippen molar-refractivity contribution in [1.82, 2.24) is 4.90 Å². The molecule has 1 aliphatic heterocycles. The molecule has 5 heteroatoms. The summed E-state index contributed by atoms with van der Waals surface area (Å²) in [6.45, 7) is 7.14. The summed E-state index contributed by atoms with van der Waals surface area (Å²) < 4.78 is 6.58. The zero-order valence-corrected chi connectivity index (χ0v) is 15.7. The van der Waals surface area contributed by atoms with Crippen LogP contribution in [0.5, 0.6) is 0 Å². The molecule has 1 amide bonds. The van der Waals surface area contributed by atoms with Crippen LogP contribution in [0.15, 0.2) is 28.7 Å². The summed E-state index contributed by atoms with van der Waals surface area (Å²) in [6.07, 6.45) is 1.71. The van der Waals surface area contributed by atoms with Crippen LogP contribution in [0.1, 0.15) is 58.6 Å². The largest absolute Gasteiger partial charge is 0.444 e. The molecule has 0 N–H and O–H groups in total. The second-order valence-corrected chi connectivity index (χ2v) is 8.01. The number of hydrogen-bond donors (Lipinski definition) is 0. The number of amides is 1. The molecule has 0 unspecified atom stereocenters. The average molecular weight is 382 g/mol. The summed E-state index contributed by atoms with van der Waals surface area (Å²) in [5.41, 5.74) is 0.523. The molecule has 126 valence electrons. The Kier molecular flexibility index (Phi) is 5.50. The van der Waals surface area contributed by atoms with Gasteiger partial charge in [-0.15, -0.1) is 0 Å². The van der Waals surface area contributed by atoms with Crippen molar-refractivity contribution in [2.45, 2.75) is 64.6 Å². The zero-order chi connectivity index (χ0) is 17.2. The highest BCUT2D eigenvalue weighted by Gasteiger charge is 2.40. The maximum absolute atomic E-state index is 12.7. The number of ether oxygens (including phenoxy) is 1. The second-order valence-electron chi connectivity index (χ2n) is 7.09. The summed E-state index contributed by atoms with van der Waals surface area (Å²) >= 11 is 3.43. The maximum Gasteiger partial charge on any atom is 0.411 e. The molecule has 1 heterocycles. The minimum absolute atomic E-state index is 0.0395. The van der Waals surface area contributed by atoms with Crippen molar-refractivity contribution in [3.63, 3.8) is 0 Å². The third-order valence-electron chi connectivity index (χ3n) is 3.88. The van der Waals surface area contributed by atoms with Gasteiger partial charge in [-0.1, -0.05) is 28.1 Å². The summed E-state index contributed by atoms with van der Waals surface area (Å²) in [7, 11) is 0. The SMILES string of the molecule is CC(=O)C[C@H]1CC[C@@H](c2ccc(Br)cc2)N1C(=O)OC(C)(C)C. The highest BCUT2D eigenvalue weighted by molar-refractivity contribution is 9.10. The number of ketones is 1. The highest BCUT2D eigenvalue weighted by atomic mass is 79.9. The maximum atomic E-state index is 12.7. The van der Waals surface area contributed by atoms with Crippen LogP contribution in [0.25, 0.3) is 0 Å². The van der Waals surface area contributed by atoms with Crippen LogP contribution in [0.2, 0.25) is 0 Å². The van der Waals surface area contributed by atoms with E-state index in [9.17, 15) is 9.59 Å². The predicted octanol–water partition coefficient (Wildman–Crippen LogP) is 4.87. The molecular weight excluding hydrogens is 358 g/mol. The Morgan fingerprint density at radius 2 is 1.83 bits per heavy atom. The zero-order valence-electron chi connectivity index (χ0n) is 14.1. The Morgan fingerprint density at radius 1 is 1.22 bits per heavy atom. The van der Waals surface area contributed by atoms with Crippen LogP contribution in [-0.2, 0) is 9.53 Å². The van der Waals surface area contributed by atoms with E-state index in [0.717, 1.165) is 22.9 Å². The smallest absolute Gasteiger partial charge is 0.411 e. The molecule has 1 aromatic rings. The molecule has 4 nitrogen and oxygen atoms in total. The fourth-order valence-electron chi connectivity index (χ4n) is 3.02. The van der Waals surface area contributed by atoms with Crippen LogP contribution in [0, 0.1) is 0 Å². The number of hydrogen-bond acceptors (Lipinski definition) is 3. The molecule has 2 rings (SSSR count). The van der Waals surface area contributed by atoms with Crippen molar-refractivity contribution < 1.29 is 14.3 Å². The van der Waals surface area contributed by atoms with Crippen molar-refractivity contribution in [3.05, 3.63) is 34.3 Å². The Balaban J connectivity index is 2.27. The number of carbonyl (C=O) groups excluding carboxylic acids is 2. The van der Waals surface area contributed by atoms with Gasteiger partial charge in [-0.3, -0.25) is 9.69 Å². The van der Waals surface area contributed by atoms with Crippen molar-refractivity contribution in [2.24, 2.45) is 0 Å². The number of nitrogens with zero attached hydrogens (tertiary/aromatic N) is 1. The number of benzene rings is 1. The lowest BCUT2D eigenvalue weighted by molar-refractivity contribution is -0.118. The molecule has 0 aromatic heterocycles. The fraction of sp³-hybridized carbons (Fsp3) is 0.556. The van der Waals surface area contributed by atoms with Crippen LogP contribution in [-0.4, -0.2) is 28.4 Å². The molecule has 1 fully saturated rings. The summed E-state index contributed by atoms with van der Waals surface area (Å²) in [5, 5.41) is 0. The van der Waals surface area contributed by atoms with Gasteiger partial charge < -0.3 is 4.74 Å². The first-order valence-corrected chi connectivity index (χ1v) is 8.73. The van der Waals surface area contributed by atoms with Crippen LogP contribution >= 0.6 is 15.9 Å². The second kappa shape index (κ2) is 7.04. The minimum atomic E-state index is -0.551. The molecule has 1 aliphatic rings. The Hall–Kier alpha value is -1.36. The third-order valence-corrected chi connectivity index (χ3v) is 4.41. The van der Waals surface area contributed by atoms with Gasteiger partial charge in [-0.05, 0) is 58.2 Å². The van der Waals surface area contributed by atoms with Gasteiger partial charge in [-0.2, -0.15) is 0 Å². The monoisotopic (exact) mass is 381 g/mol. The Morgan fingerprint density at radius 3 is 2.35 bits per heavy atom. The van der Waals surface area contributed by atoms with E-state index in [-0.39, 0.29) is 24.0 Å². The fourth-order valence-corrected chi connectivity index (χ4v) is 3.28. The van der Waals surface area contributed by atoms with E-state index in [1.165, 1.54) is 0 Å². The quantitative estimate of drug-likeness (QED) is 0.750. The van der Waals surface area contributed by atoms with Gasteiger partial charge in [-0.25, -0.2) is 4.79 Å². The van der Waals surface area contributed by atoms with E-state index in [2.05, 4.69) is 15.9 Å². The molecule has 0 radical (unpaired) electrons. The topological polar surface area (TPSA) is 46.6 Å². The van der Waals surface area contributed by atoms with Crippen molar-refractivity contribution in [3.8, 4) is 0 Å².